The molecule has 10 heteroatoms. The molecular weight excluding hydrogens is 422 g/mol. The second-order valence-corrected chi connectivity index (χ2v) is 8.11. The van der Waals surface area contributed by atoms with Crippen LogP contribution in [0.2, 0.25) is 5.02 Å². The maximum atomic E-state index is 11.0. The van der Waals surface area contributed by atoms with Crippen LogP contribution in [0, 0.1) is 0 Å². The van der Waals surface area contributed by atoms with Gasteiger partial charge in [0.05, 0.1) is 23.4 Å². The molecule has 1 atom stereocenters. The molecule has 0 aliphatic carbocycles. The molecule has 31 heavy (non-hydrogen) atoms. The summed E-state index contributed by atoms with van der Waals surface area (Å²) in [6.45, 7) is 3.43. The van der Waals surface area contributed by atoms with E-state index in [1.807, 2.05) is 0 Å². The second kappa shape index (κ2) is 8.18. The lowest BCUT2D eigenvalue weighted by molar-refractivity contribution is 0.0276. The summed E-state index contributed by atoms with van der Waals surface area (Å²) >= 11 is 5.86. The Labute approximate surface area is 184 Å². The topological polar surface area (TPSA) is 105 Å². The summed E-state index contributed by atoms with van der Waals surface area (Å²) in [5.74, 6) is 1.44. The first kappa shape index (κ1) is 21.1. The van der Waals surface area contributed by atoms with Gasteiger partial charge in [-0.3, -0.25) is 4.90 Å². The SMILES string of the molecule is COc1cc(N2C=Nn3cc(-c4ncc(Cl)cn4)cc3C2O)ccc1OCC(C)(C)O. The van der Waals surface area contributed by atoms with E-state index in [-0.39, 0.29) is 6.61 Å². The Hall–Kier alpha value is -3.14. The monoisotopic (exact) mass is 443 g/mol. The summed E-state index contributed by atoms with van der Waals surface area (Å²) < 4.78 is 12.7. The first-order valence-corrected chi connectivity index (χ1v) is 9.87. The van der Waals surface area contributed by atoms with Crippen LogP contribution in [0.15, 0.2) is 48.0 Å². The molecule has 0 saturated carbocycles. The molecule has 0 spiro atoms. The van der Waals surface area contributed by atoms with E-state index >= 15 is 0 Å². The summed E-state index contributed by atoms with van der Waals surface area (Å²) in [5.41, 5.74) is 0.937. The van der Waals surface area contributed by atoms with Crippen molar-refractivity contribution in [2.75, 3.05) is 18.6 Å². The third-order valence-corrected chi connectivity index (χ3v) is 4.76. The van der Waals surface area contributed by atoms with Crippen LogP contribution in [0.5, 0.6) is 11.5 Å². The molecule has 3 aromatic rings. The van der Waals surface area contributed by atoms with E-state index in [1.54, 1.807) is 53.9 Å². The second-order valence-electron chi connectivity index (χ2n) is 7.67. The number of nitrogens with zero attached hydrogens (tertiary/aromatic N) is 5. The lowest BCUT2D eigenvalue weighted by atomic mass is 10.1. The molecule has 0 fully saturated rings. The molecule has 1 aliphatic heterocycles. The largest absolute Gasteiger partial charge is 0.493 e. The Morgan fingerprint density at radius 1 is 1.16 bits per heavy atom. The van der Waals surface area contributed by atoms with Crippen LogP contribution in [0.3, 0.4) is 0 Å². The van der Waals surface area contributed by atoms with Crippen molar-refractivity contribution in [3.8, 4) is 22.9 Å². The minimum atomic E-state index is -0.994. The van der Waals surface area contributed by atoms with E-state index in [9.17, 15) is 10.2 Å². The average Bonchev–Trinajstić information content (AvgIpc) is 3.18. The highest BCUT2D eigenvalue weighted by molar-refractivity contribution is 6.30. The maximum absolute atomic E-state index is 11.0. The molecule has 1 aliphatic rings. The van der Waals surface area contributed by atoms with E-state index in [2.05, 4.69) is 15.1 Å². The van der Waals surface area contributed by atoms with Crippen molar-refractivity contribution in [1.82, 2.24) is 14.6 Å². The number of benzene rings is 1. The summed E-state index contributed by atoms with van der Waals surface area (Å²) in [6, 6.07) is 7.01. The van der Waals surface area contributed by atoms with Gasteiger partial charge >= 0.3 is 0 Å². The van der Waals surface area contributed by atoms with Gasteiger partial charge in [-0.25, -0.2) is 14.6 Å². The zero-order valence-electron chi connectivity index (χ0n) is 17.2. The summed E-state index contributed by atoms with van der Waals surface area (Å²) in [5, 5.41) is 25.7. The van der Waals surface area contributed by atoms with Crippen molar-refractivity contribution < 1.29 is 19.7 Å². The van der Waals surface area contributed by atoms with Crippen molar-refractivity contribution >= 4 is 23.6 Å². The molecule has 2 N–H and O–H groups in total. The molecule has 4 rings (SSSR count). The van der Waals surface area contributed by atoms with Crippen LogP contribution in [0.25, 0.3) is 11.4 Å². The quantitative estimate of drug-likeness (QED) is 0.603. The number of aliphatic hydroxyl groups is 2. The van der Waals surface area contributed by atoms with Gasteiger partial charge in [0.1, 0.15) is 12.9 Å². The molecule has 1 aromatic carbocycles. The first-order chi connectivity index (χ1) is 14.7. The van der Waals surface area contributed by atoms with Gasteiger partial charge in [0.25, 0.3) is 0 Å². The summed E-state index contributed by atoms with van der Waals surface area (Å²) in [7, 11) is 1.53. The molecule has 0 bridgehead atoms. The van der Waals surface area contributed by atoms with Gasteiger partial charge in [-0.1, -0.05) is 11.6 Å². The molecule has 0 saturated heterocycles. The van der Waals surface area contributed by atoms with Gasteiger partial charge < -0.3 is 19.7 Å². The van der Waals surface area contributed by atoms with E-state index < -0.39 is 11.8 Å². The standard InChI is InChI=1S/C21H22ClN5O4/c1-21(2,29)11-31-17-5-4-15(7-18(17)30-3)26-12-25-27-10-13(6-16(27)20(26)28)19-23-8-14(22)9-24-19/h4-10,12,20,28-29H,11H2,1-3H3. The number of anilines is 1. The predicted octanol–water partition coefficient (Wildman–Crippen LogP) is 3.06. The Morgan fingerprint density at radius 2 is 1.90 bits per heavy atom. The number of hydrogen-bond acceptors (Lipinski definition) is 8. The van der Waals surface area contributed by atoms with Crippen LogP contribution in [-0.2, 0) is 0 Å². The first-order valence-electron chi connectivity index (χ1n) is 9.49. The van der Waals surface area contributed by atoms with Crippen molar-refractivity contribution in [1.29, 1.82) is 0 Å². The lowest BCUT2D eigenvalue weighted by Crippen LogP contribution is -2.32. The fraction of sp³-hybridized carbons (Fsp3) is 0.286. The minimum absolute atomic E-state index is 0.111. The van der Waals surface area contributed by atoms with E-state index in [4.69, 9.17) is 21.1 Å². The van der Waals surface area contributed by atoms with Crippen LogP contribution in [0.4, 0.5) is 5.69 Å². The van der Waals surface area contributed by atoms with Crippen LogP contribution < -0.4 is 14.4 Å². The number of hydrogen-bond donors (Lipinski definition) is 2. The Balaban J connectivity index is 1.59. The molecular formula is C21H22ClN5O4. The number of methoxy groups -OCH3 is 1. The number of rotatable bonds is 6. The Bertz CT molecular complexity index is 1110. The zero-order valence-corrected chi connectivity index (χ0v) is 18.0. The van der Waals surface area contributed by atoms with Gasteiger partial charge in [-0.05, 0) is 32.0 Å². The van der Waals surface area contributed by atoms with Crippen molar-refractivity contribution in [3.05, 3.63) is 53.6 Å². The fourth-order valence-corrected chi connectivity index (χ4v) is 3.16. The fourth-order valence-electron chi connectivity index (χ4n) is 3.06. The average molecular weight is 444 g/mol. The van der Waals surface area contributed by atoms with E-state index in [1.165, 1.54) is 25.8 Å². The molecule has 0 radical (unpaired) electrons. The third kappa shape index (κ3) is 4.48. The Morgan fingerprint density at radius 3 is 2.58 bits per heavy atom. The predicted molar refractivity (Wildman–Crippen MR) is 117 cm³/mol. The molecule has 9 nitrogen and oxygen atoms in total. The molecule has 0 amide bonds. The number of halogens is 1. The normalized spacial score (nSPS) is 15.7. The van der Waals surface area contributed by atoms with E-state index in [0.29, 0.717) is 39.3 Å². The van der Waals surface area contributed by atoms with Crippen molar-refractivity contribution in [2.45, 2.75) is 25.7 Å². The van der Waals surface area contributed by atoms with E-state index in [0.717, 1.165) is 0 Å². The van der Waals surface area contributed by atoms with Crippen molar-refractivity contribution in [2.24, 2.45) is 5.10 Å². The number of aliphatic hydroxyl groups excluding tert-OH is 1. The van der Waals surface area contributed by atoms with Gasteiger partial charge in [0, 0.05) is 35.9 Å². The minimum Gasteiger partial charge on any atom is -0.493 e. The number of ether oxygens (including phenoxy) is 2. The smallest absolute Gasteiger partial charge is 0.175 e. The third-order valence-electron chi connectivity index (χ3n) is 4.56. The van der Waals surface area contributed by atoms with Crippen molar-refractivity contribution in [3.63, 3.8) is 0 Å². The number of aromatic nitrogens is 3. The summed E-state index contributed by atoms with van der Waals surface area (Å²) in [6.07, 6.45) is 5.30. The molecule has 3 heterocycles. The van der Waals surface area contributed by atoms with Crippen LogP contribution in [-0.4, -0.2) is 50.5 Å². The maximum Gasteiger partial charge on any atom is 0.175 e. The Kier molecular flexibility index (Phi) is 5.57. The van der Waals surface area contributed by atoms with Crippen LogP contribution >= 0.6 is 11.6 Å². The summed E-state index contributed by atoms with van der Waals surface area (Å²) in [4.78, 5) is 10.0. The highest BCUT2D eigenvalue weighted by atomic mass is 35.5. The molecule has 162 valence electrons. The van der Waals surface area contributed by atoms with Crippen LogP contribution in [0.1, 0.15) is 25.8 Å². The highest BCUT2D eigenvalue weighted by Gasteiger charge is 2.26. The van der Waals surface area contributed by atoms with Gasteiger partial charge in [0.2, 0.25) is 0 Å². The number of fused-ring (bicyclic) bond motifs is 1. The zero-order chi connectivity index (χ0) is 22.2. The molecule has 2 aromatic heterocycles. The van der Waals surface area contributed by atoms with Gasteiger partial charge in [0.15, 0.2) is 23.6 Å². The highest BCUT2D eigenvalue weighted by Crippen LogP contribution is 2.36. The van der Waals surface area contributed by atoms with Gasteiger partial charge in [-0.2, -0.15) is 5.10 Å². The van der Waals surface area contributed by atoms with Gasteiger partial charge in [-0.15, -0.1) is 0 Å². The molecule has 1 unspecified atom stereocenters. The lowest BCUT2D eigenvalue weighted by Gasteiger charge is -2.29.